The number of rotatable bonds is 7. The Labute approximate surface area is 202 Å². The normalized spacial score (nSPS) is 20.8. The summed E-state index contributed by atoms with van der Waals surface area (Å²) >= 11 is 1.73. The van der Waals surface area contributed by atoms with Crippen molar-refractivity contribution in [2.75, 3.05) is 6.54 Å². The molecule has 2 aromatic heterocycles. The van der Waals surface area contributed by atoms with Gasteiger partial charge in [0.1, 0.15) is 12.3 Å². The number of β-amino-alcohol motifs (C(OH)–C–C–N with tert-alkyl or cyclic N) is 1. The quantitative estimate of drug-likeness (QED) is 0.404. The minimum absolute atomic E-state index is 0.0309. The van der Waals surface area contributed by atoms with E-state index in [0.717, 1.165) is 6.54 Å². The first-order chi connectivity index (χ1) is 16.7. The van der Waals surface area contributed by atoms with Gasteiger partial charge in [-0.1, -0.05) is 59.8 Å². The van der Waals surface area contributed by atoms with Crippen molar-refractivity contribution in [1.82, 2.24) is 19.9 Å². The number of esters is 1. The largest absolute Gasteiger partial charge is 0.455 e. The molecule has 7 nitrogen and oxygen atoms in total. The predicted octanol–water partition coefficient (Wildman–Crippen LogP) is 4.25. The van der Waals surface area contributed by atoms with Gasteiger partial charge in [-0.3, -0.25) is 4.90 Å². The van der Waals surface area contributed by atoms with Crippen LogP contribution in [0, 0.1) is 0 Å². The zero-order valence-corrected chi connectivity index (χ0v) is 19.4. The van der Waals surface area contributed by atoms with Gasteiger partial charge in [0.25, 0.3) is 0 Å². The lowest BCUT2D eigenvalue weighted by atomic mass is 9.90. The first-order valence-electron chi connectivity index (χ1n) is 11.3. The number of carbonyl (C=O) groups excluding carboxylic acids is 1. The molecule has 0 spiro atoms. The van der Waals surface area contributed by atoms with E-state index in [1.165, 1.54) is 10.4 Å². The number of ether oxygens (including phenoxy) is 1. The van der Waals surface area contributed by atoms with Gasteiger partial charge in [0.2, 0.25) is 0 Å². The molecule has 3 atom stereocenters. The van der Waals surface area contributed by atoms with E-state index in [9.17, 15) is 9.90 Å². The van der Waals surface area contributed by atoms with Crippen LogP contribution in [0.2, 0.25) is 0 Å². The number of nitrogens with zero attached hydrogens (tertiary/aromatic N) is 4. The van der Waals surface area contributed by atoms with Gasteiger partial charge in [-0.25, -0.2) is 9.48 Å². The van der Waals surface area contributed by atoms with Crippen LogP contribution in [0.25, 0.3) is 0 Å². The summed E-state index contributed by atoms with van der Waals surface area (Å²) in [6.45, 7) is 1.35. The molecule has 34 heavy (non-hydrogen) atoms. The SMILES string of the molecule is O=C(OCc1cn([C@@H]2C[C@H](c3ccccc3)N(Cc3cccs3)C[C@H]2O)nn1)c1ccccc1. The summed E-state index contributed by atoms with van der Waals surface area (Å²) in [7, 11) is 0. The third-order valence-corrected chi connectivity index (χ3v) is 7.01. The van der Waals surface area contributed by atoms with E-state index in [-0.39, 0.29) is 18.7 Å². The summed E-state index contributed by atoms with van der Waals surface area (Å²) < 4.78 is 7.10. The van der Waals surface area contributed by atoms with Crippen LogP contribution in [-0.4, -0.2) is 43.6 Å². The topological polar surface area (TPSA) is 80.5 Å². The molecule has 1 fully saturated rings. The zero-order valence-electron chi connectivity index (χ0n) is 18.6. The maximum Gasteiger partial charge on any atom is 0.338 e. The summed E-state index contributed by atoms with van der Waals surface area (Å²) in [6, 6.07) is 23.3. The lowest BCUT2D eigenvalue weighted by molar-refractivity contribution is -0.0131. The van der Waals surface area contributed by atoms with Crippen LogP contribution in [0.5, 0.6) is 0 Å². The molecule has 1 aliphatic heterocycles. The zero-order chi connectivity index (χ0) is 23.3. The van der Waals surface area contributed by atoms with E-state index in [1.807, 2.05) is 24.3 Å². The monoisotopic (exact) mass is 474 g/mol. The first-order valence-corrected chi connectivity index (χ1v) is 12.2. The van der Waals surface area contributed by atoms with Crippen molar-refractivity contribution in [2.45, 2.75) is 37.8 Å². The van der Waals surface area contributed by atoms with Crippen molar-refractivity contribution in [3.05, 3.63) is 106 Å². The molecule has 0 bridgehead atoms. The second-order valence-corrected chi connectivity index (χ2v) is 9.47. The van der Waals surface area contributed by atoms with Gasteiger partial charge in [-0.2, -0.15) is 0 Å². The molecule has 0 radical (unpaired) electrons. The molecule has 0 unspecified atom stereocenters. The van der Waals surface area contributed by atoms with E-state index >= 15 is 0 Å². The van der Waals surface area contributed by atoms with Gasteiger partial charge in [-0.15, -0.1) is 16.4 Å². The van der Waals surface area contributed by atoms with Crippen molar-refractivity contribution < 1.29 is 14.6 Å². The van der Waals surface area contributed by atoms with E-state index in [2.05, 4.69) is 44.9 Å². The van der Waals surface area contributed by atoms with Crippen molar-refractivity contribution >= 4 is 17.3 Å². The fraction of sp³-hybridized carbons (Fsp3) is 0.269. The number of likely N-dealkylation sites (tertiary alicyclic amines) is 1. The molecule has 0 aliphatic carbocycles. The minimum Gasteiger partial charge on any atom is -0.455 e. The van der Waals surface area contributed by atoms with Crippen LogP contribution in [0.1, 0.15) is 45.0 Å². The van der Waals surface area contributed by atoms with Crippen LogP contribution < -0.4 is 0 Å². The van der Waals surface area contributed by atoms with Crippen molar-refractivity contribution in [1.29, 1.82) is 0 Å². The Morgan fingerprint density at radius 2 is 1.82 bits per heavy atom. The van der Waals surface area contributed by atoms with Gasteiger partial charge in [0, 0.05) is 24.0 Å². The third-order valence-electron chi connectivity index (χ3n) is 6.15. The Kier molecular flexibility index (Phi) is 6.80. The van der Waals surface area contributed by atoms with Crippen molar-refractivity contribution in [3.63, 3.8) is 0 Å². The molecule has 0 saturated carbocycles. The molecule has 4 aromatic rings. The van der Waals surface area contributed by atoms with Gasteiger partial charge in [0.15, 0.2) is 0 Å². The number of hydrogen-bond acceptors (Lipinski definition) is 7. The highest BCUT2D eigenvalue weighted by Gasteiger charge is 2.37. The highest BCUT2D eigenvalue weighted by Crippen LogP contribution is 2.38. The molecule has 174 valence electrons. The highest BCUT2D eigenvalue weighted by molar-refractivity contribution is 7.09. The Bertz CT molecular complexity index is 1200. The van der Waals surface area contributed by atoms with Crippen LogP contribution >= 0.6 is 11.3 Å². The van der Waals surface area contributed by atoms with Crippen molar-refractivity contribution in [3.8, 4) is 0 Å². The predicted molar refractivity (Wildman–Crippen MR) is 129 cm³/mol. The third kappa shape index (κ3) is 5.09. The molecule has 0 amide bonds. The second-order valence-electron chi connectivity index (χ2n) is 8.44. The molecule has 1 N–H and O–H groups in total. The Morgan fingerprint density at radius 3 is 2.56 bits per heavy atom. The number of hydrogen-bond donors (Lipinski definition) is 1. The highest BCUT2D eigenvalue weighted by atomic mass is 32.1. The molecular formula is C26H26N4O3S. The number of aromatic nitrogens is 3. The summed E-state index contributed by atoms with van der Waals surface area (Å²) in [5.41, 5.74) is 2.26. The van der Waals surface area contributed by atoms with Gasteiger partial charge < -0.3 is 9.84 Å². The van der Waals surface area contributed by atoms with Crippen molar-refractivity contribution in [2.24, 2.45) is 0 Å². The number of benzene rings is 2. The minimum atomic E-state index is -0.596. The maximum atomic E-state index is 12.2. The number of carbonyl (C=O) groups is 1. The van der Waals surface area contributed by atoms with Crippen LogP contribution in [-0.2, 0) is 17.9 Å². The molecular weight excluding hydrogens is 448 g/mol. The molecule has 3 heterocycles. The summed E-state index contributed by atoms with van der Waals surface area (Å²) in [5.74, 6) is -0.402. The number of piperidine rings is 1. The Hall–Kier alpha value is -3.33. The van der Waals surface area contributed by atoms with Crippen LogP contribution in [0.15, 0.2) is 84.4 Å². The van der Waals surface area contributed by atoms with Crippen LogP contribution in [0.4, 0.5) is 0 Å². The average Bonchev–Trinajstić information content (AvgIpc) is 3.56. The summed E-state index contributed by atoms with van der Waals surface area (Å²) in [4.78, 5) is 15.8. The van der Waals surface area contributed by atoms with Gasteiger partial charge >= 0.3 is 5.97 Å². The molecule has 1 saturated heterocycles. The van der Waals surface area contributed by atoms with Gasteiger partial charge in [-0.05, 0) is 35.6 Å². The smallest absolute Gasteiger partial charge is 0.338 e. The molecule has 2 aromatic carbocycles. The fourth-order valence-corrected chi connectivity index (χ4v) is 5.18. The summed E-state index contributed by atoms with van der Waals surface area (Å²) in [6.07, 6.45) is 1.87. The first kappa shape index (κ1) is 22.5. The number of aliphatic hydroxyl groups excluding tert-OH is 1. The van der Waals surface area contributed by atoms with Crippen LogP contribution in [0.3, 0.4) is 0 Å². The molecule has 5 rings (SSSR count). The van der Waals surface area contributed by atoms with E-state index < -0.39 is 12.1 Å². The summed E-state index contributed by atoms with van der Waals surface area (Å²) in [5, 5.41) is 21.6. The lowest BCUT2D eigenvalue weighted by Crippen LogP contribution is -2.46. The van der Waals surface area contributed by atoms with Gasteiger partial charge in [0.05, 0.1) is 23.9 Å². The fourth-order valence-electron chi connectivity index (χ4n) is 4.45. The lowest BCUT2D eigenvalue weighted by Gasteiger charge is -2.42. The maximum absolute atomic E-state index is 12.2. The Morgan fingerprint density at radius 1 is 1.06 bits per heavy atom. The van der Waals surface area contributed by atoms with E-state index in [1.54, 1.807) is 46.5 Å². The number of thiophene rings is 1. The van der Waals surface area contributed by atoms with E-state index in [0.29, 0.717) is 24.2 Å². The average molecular weight is 475 g/mol. The molecule has 1 aliphatic rings. The second kappa shape index (κ2) is 10.3. The molecule has 8 heteroatoms. The van der Waals surface area contributed by atoms with E-state index in [4.69, 9.17) is 4.74 Å². The Balaban J connectivity index is 1.30. The standard InChI is InChI=1S/C26H26N4O3S/c31-25-17-29(16-22-12-7-13-34-22)23(19-8-3-1-4-9-19)14-24(25)30-15-21(27-28-30)18-33-26(32)20-10-5-2-6-11-20/h1-13,15,23-25,31H,14,16-18H2/t23-,24-,25-/m1/s1. The number of aliphatic hydroxyl groups is 1.